The van der Waals surface area contributed by atoms with Gasteiger partial charge in [-0.2, -0.15) is 0 Å². The van der Waals surface area contributed by atoms with E-state index in [0.29, 0.717) is 0 Å². The minimum atomic E-state index is -0.183. The Hall–Kier alpha value is -1.14. The SMILES string of the molecule is C#CC1(c2c(OC)cc(Br)cc2OC)CC1. The first-order valence-electron chi connectivity index (χ1n) is 5.06. The summed E-state index contributed by atoms with van der Waals surface area (Å²) in [6, 6.07) is 3.85. The van der Waals surface area contributed by atoms with Gasteiger partial charge in [-0.25, -0.2) is 0 Å². The zero-order chi connectivity index (χ0) is 11.8. The molecule has 0 amide bonds. The first kappa shape index (κ1) is 11.3. The fourth-order valence-corrected chi connectivity index (χ4v) is 2.36. The van der Waals surface area contributed by atoms with Crippen molar-refractivity contribution < 1.29 is 9.47 Å². The molecule has 0 aliphatic heterocycles. The standard InChI is InChI=1S/C13H13BrO2/c1-4-13(5-6-13)12-10(15-2)7-9(14)8-11(12)16-3/h1,7-8H,5-6H2,2-3H3. The maximum atomic E-state index is 5.61. The largest absolute Gasteiger partial charge is 0.496 e. The molecule has 2 rings (SSSR count). The first-order valence-corrected chi connectivity index (χ1v) is 5.86. The predicted octanol–water partition coefficient (Wildman–Crippen LogP) is 3.13. The lowest BCUT2D eigenvalue weighted by molar-refractivity contribution is 0.381. The van der Waals surface area contributed by atoms with E-state index in [1.807, 2.05) is 12.1 Å². The molecule has 0 aromatic heterocycles. The highest BCUT2D eigenvalue weighted by atomic mass is 79.9. The van der Waals surface area contributed by atoms with E-state index in [1.54, 1.807) is 14.2 Å². The molecule has 1 saturated carbocycles. The third kappa shape index (κ3) is 1.68. The Morgan fingerprint density at radius 3 is 2.06 bits per heavy atom. The number of methoxy groups -OCH3 is 2. The van der Waals surface area contributed by atoms with Gasteiger partial charge >= 0.3 is 0 Å². The molecule has 0 N–H and O–H groups in total. The number of hydrogen-bond donors (Lipinski definition) is 0. The van der Waals surface area contributed by atoms with E-state index in [0.717, 1.165) is 34.4 Å². The molecule has 1 aromatic carbocycles. The topological polar surface area (TPSA) is 18.5 Å². The highest BCUT2D eigenvalue weighted by Crippen LogP contribution is 2.54. The second-order valence-electron chi connectivity index (χ2n) is 3.91. The van der Waals surface area contributed by atoms with Crippen molar-refractivity contribution in [1.29, 1.82) is 0 Å². The van der Waals surface area contributed by atoms with Crippen molar-refractivity contribution in [1.82, 2.24) is 0 Å². The molecule has 0 saturated heterocycles. The molecular weight excluding hydrogens is 268 g/mol. The van der Waals surface area contributed by atoms with Crippen LogP contribution in [0.25, 0.3) is 0 Å². The lowest BCUT2D eigenvalue weighted by Crippen LogP contribution is -2.08. The Morgan fingerprint density at radius 1 is 1.25 bits per heavy atom. The van der Waals surface area contributed by atoms with Gasteiger partial charge in [-0.05, 0) is 25.0 Å². The van der Waals surface area contributed by atoms with Gasteiger partial charge in [0.2, 0.25) is 0 Å². The normalized spacial score (nSPS) is 16.4. The lowest BCUT2D eigenvalue weighted by atomic mass is 9.95. The molecule has 0 heterocycles. The second-order valence-corrected chi connectivity index (χ2v) is 4.83. The Bertz CT molecular complexity index is 430. The van der Waals surface area contributed by atoms with E-state index < -0.39 is 0 Å². The summed E-state index contributed by atoms with van der Waals surface area (Å²) in [6.45, 7) is 0. The summed E-state index contributed by atoms with van der Waals surface area (Å²) in [6.07, 6.45) is 7.61. The molecule has 1 aliphatic rings. The zero-order valence-corrected chi connectivity index (χ0v) is 10.9. The van der Waals surface area contributed by atoms with Gasteiger partial charge in [0.05, 0.1) is 25.2 Å². The lowest BCUT2D eigenvalue weighted by Gasteiger charge is -2.17. The third-order valence-corrected chi connectivity index (χ3v) is 3.43. The maximum Gasteiger partial charge on any atom is 0.128 e. The summed E-state index contributed by atoms with van der Waals surface area (Å²) < 4.78 is 11.7. The number of halogens is 1. The molecule has 0 atom stereocenters. The van der Waals surface area contributed by atoms with Gasteiger partial charge < -0.3 is 9.47 Å². The number of ether oxygens (including phenoxy) is 2. The van der Waals surface area contributed by atoms with Crippen LogP contribution < -0.4 is 9.47 Å². The van der Waals surface area contributed by atoms with Crippen molar-refractivity contribution in [2.24, 2.45) is 0 Å². The van der Waals surface area contributed by atoms with Crippen molar-refractivity contribution in [2.45, 2.75) is 18.3 Å². The molecule has 0 bridgehead atoms. The summed E-state index contributed by atoms with van der Waals surface area (Å²) in [4.78, 5) is 0. The molecule has 3 heteroatoms. The average Bonchev–Trinajstić information content (AvgIpc) is 3.08. The molecule has 1 aromatic rings. The highest BCUT2D eigenvalue weighted by molar-refractivity contribution is 9.10. The van der Waals surface area contributed by atoms with Gasteiger partial charge in [0.25, 0.3) is 0 Å². The molecule has 1 aliphatic carbocycles. The molecule has 16 heavy (non-hydrogen) atoms. The van der Waals surface area contributed by atoms with E-state index >= 15 is 0 Å². The van der Waals surface area contributed by atoms with Crippen molar-refractivity contribution in [3.63, 3.8) is 0 Å². The number of benzene rings is 1. The van der Waals surface area contributed by atoms with E-state index in [-0.39, 0.29) is 5.41 Å². The predicted molar refractivity (Wildman–Crippen MR) is 67.0 cm³/mol. The molecular formula is C13H13BrO2. The van der Waals surface area contributed by atoms with Crippen LogP contribution >= 0.6 is 15.9 Å². The maximum absolute atomic E-state index is 5.61. The van der Waals surface area contributed by atoms with E-state index in [4.69, 9.17) is 15.9 Å². The fourth-order valence-electron chi connectivity index (χ4n) is 1.94. The van der Waals surface area contributed by atoms with Gasteiger partial charge in [-0.1, -0.05) is 21.9 Å². The number of rotatable bonds is 3. The summed E-state index contributed by atoms with van der Waals surface area (Å²) in [5.41, 5.74) is 0.820. The summed E-state index contributed by atoms with van der Waals surface area (Å²) >= 11 is 3.43. The Labute approximate surface area is 104 Å². The number of hydrogen-bond acceptors (Lipinski definition) is 2. The Morgan fingerprint density at radius 2 is 1.75 bits per heavy atom. The molecule has 2 nitrogen and oxygen atoms in total. The monoisotopic (exact) mass is 280 g/mol. The van der Waals surface area contributed by atoms with E-state index in [2.05, 4.69) is 21.9 Å². The smallest absolute Gasteiger partial charge is 0.128 e. The summed E-state index contributed by atoms with van der Waals surface area (Å²) in [5.74, 6) is 4.45. The Balaban J connectivity index is 2.62. The summed E-state index contributed by atoms with van der Waals surface area (Å²) in [7, 11) is 3.30. The van der Waals surface area contributed by atoms with Crippen LogP contribution in [-0.2, 0) is 5.41 Å². The van der Waals surface area contributed by atoms with Gasteiger partial charge in [-0.15, -0.1) is 6.42 Å². The van der Waals surface area contributed by atoms with Crippen LogP contribution in [0.3, 0.4) is 0 Å². The van der Waals surface area contributed by atoms with Crippen LogP contribution in [-0.4, -0.2) is 14.2 Å². The van der Waals surface area contributed by atoms with E-state index in [9.17, 15) is 0 Å². The fraction of sp³-hybridized carbons (Fsp3) is 0.385. The van der Waals surface area contributed by atoms with Gasteiger partial charge in [0.1, 0.15) is 11.5 Å². The number of terminal acetylenes is 1. The minimum absolute atomic E-state index is 0.183. The van der Waals surface area contributed by atoms with Gasteiger partial charge in [-0.3, -0.25) is 0 Å². The van der Waals surface area contributed by atoms with E-state index in [1.165, 1.54) is 0 Å². The van der Waals surface area contributed by atoms with Crippen molar-refractivity contribution >= 4 is 15.9 Å². The third-order valence-electron chi connectivity index (χ3n) is 2.98. The average molecular weight is 281 g/mol. The van der Waals surface area contributed by atoms with Gasteiger partial charge in [0.15, 0.2) is 0 Å². The minimum Gasteiger partial charge on any atom is -0.496 e. The highest BCUT2D eigenvalue weighted by Gasteiger charge is 2.47. The van der Waals surface area contributed by atoms with Gasteiger partial charge in [0, 0.05) is 4.47 Å². The van der Waals surface area contributed by atoms with Crippen LogP contribution in [0.2, 0.25) is 0 Å². The molecule has 0 spiro atoms. The van der Waals surface area contributed by atoms with Crippen LogP contribution in [0, 0.1) is 12.3 Å². The Kier molecular flexibility index (Phi) is 2.86. The molecule has 0 unspecified atom stereocenters. The van der Waals surface area contributed by atoms with Crippen LogP contribution in [0.5, 0.6) is 11.5 Å². The van der Waals surface area contributed by atoms with Crippen LogP contribution in [0.4, 0.5) is 0 Å². The first-order chi connectivity index (χ1) is 7.66. The van der Waals surface area contributed by atoms with Crippen molar-refractivity contribution in [3.8, 4) is 23.8 Å². The quantitative estimate of drug-likeness (QED) is 0.792. The molecule has 0 radical (unpaired) electrons. The summed E-state index contributed by atoms with van der Waals surface area (Å²) in [5, 5.41) is 0. The van der Waals surface area contributed by atoms with Crippen molar-refractivity contribution in [3.05, 3.63) is 22.2 Å². The second kappa shape index (κ2) is 4.03. The van der Waals surface area contributed by atoms with Crippen LogP contribution in [0.1, 0.15) is 18.4 Å². The molecule has 1 fully saturated rings. The van der Waals surface area contributed by atoms with Crippen LogP contribution in [0.15, 0.2) is 16.6 Å². The van der Waals surface area contributed by atoms with Crippen molar-refractivity contribution in [2.75, 3.05) is 14.2 Å². The molecule has 84 valence electrons. The zero-order valence-electron chi connectivity index (χ0n) is 9.34.